The molecule has 0 heterocycles. The van der Waals surface area contributed by atoms with E-state index in [9.17, 15) is 24.3 Å². The van der Waals surface area contributed by atoms with Gasteiger partial charge >= 0.3 is 17.9 Å². The molecule has 180 valence electrons. The van der Waals surface area contributed by atoms with Gasteiger partial charge in [0.25, 0.3) is 5.91 Å². The van der Waals surface area contributed by atoms with Crippen molar-refractivity contribution in [1.82, 2.24) is 5.32 Å². The van der Waals surface area contributed by atoms with Crippen LogP contribution in [0.2, 0.25) is 10.0 Å². The fourth-order valence-corrected chi connectivity index (χ4v) is 3.42. The lowest BCUT2D eigenvalue weighted by Crippen LogP contribution is -2.50. The number of carbonyl (C=O) groups excluding carboxylic acids is 3. The van der Waals surface area contributed by atoms with E-state index in [4.69, 9.17) is 32.7 Å². The largest absolute Gasteiger partial charge is 0.478 e. The van der Waals surface area contributed by atoms with Crippen molar-refractivity contribution in [3.8, 4) is 0 Å². The molecule has 35 heavy (non-hydrogen) atoms. The third-order valence-electron chi connectivity index (χ3n) is 4.74. The van der Waals surface area contributed by atoms with E-state index in [1.807, 2.05) is 0 Å². The lowest BCUT2D eigenvalue weighted by Gasteiger charge is -2.24. The third-order valence-corrected chi connectivity index (χ3v) is 5.40. The van der Waals surface area contributed by atoms with Gasteiger partial charge < -0.3 is 19.9 Å². The first-order valence-electron chi connectivity index (χ1n) is 10.2. The molecule has 0 aliphatic rings. The number of ether oxygens (including phenoxy) is 2. The second-order valence-corrected chi connectivity index (χ2v) is 7.97. The molecule has 0 spiro atoms. The van der Waals surface area contributed by atoms with Crippen LogP contribution in [-0.2, 0) is 25.6 Å². The van der Waals surface area contributed by atoms with Gasteiger partial charge in [-0.1, -0.05) is 77.8 Å². The highest BCUT2D eigenvalue weighted by Gasteiger charge is 2.41. The average molecular weight is 516 g/mol. The number of hydrogen-bond donors (Lipinski definition) is 2. The molecule has 0 unspecified atom stereocenters. The number of aliphatic carboxylic acids is 1. The fourth-order valence-electron chi connectivity index (χ4n) is 2.99. The summed E-state index contributed by atoms with van der Waals surface area (Å²) in [6, 6.07) is 20.4. The Morgan fingerprint density at radius 2 is 1.17 bits per heavy atom. The van der Waals surface area contributed by atoms with Gasteiger partial charge in [-0.3, -0.25) is 4.79 Å². The summed E-state index contributed by atoms with van der Waals surface area (Å²) in [7, 11) is 0. The van der Waals surface area contributed by atoms with Crippen LogP contribution >= 0.6 is 23.2 Å². The van der Waals surface area contributed by atoms with E-state index in [0.29, 0.717) is 5.56 Å². The highest BCUT2D eigenvalue weighted by Crippen LogP contribution is 2.21. The number of carbonyl (C=O) groups is 4. The van der Waals surface area contributed by atoms with Crippen LogP contribution in [0.1, 0.15) is 26.3 Å². The number of carboxylic acids is 1. The smallest absolute Gasteiger partial charge is 0.349 e. The number of rotatable bonds is 9. The molecular weight excluding hydrogens is 497 g/mol. The Labute approximate surface area is 210 Å². The Morgan fingerprint density at radius 1 is 0.714 bits per heavy atom. The lowest BCUT2D eigenvalue weighted by molar-refractivity contribution is -0.159. The molecule has 0 aliphatic carbocycles. The van der Waals surface area contributed by atoms with E-state index in [2.05, 4.69) is 5.32 Å². The topological polar surface area (TPSA) is 119 Å². The number of halogens is 2. The van der Waals surface area contributed by atoms with Crippen LogP contribution in [0.3, 0.4) is 0 Å². The van der Waals surface area contributed by atoms with Gasteiger partial charge in [-0.2, -0.15) is 0 Å². The molecule has 0 saturated carbocycles. The van der Waals surface area contributed by atoms with E-state index in [-0.39, 0.29) is 27.7 Å². The molecule has 10 heteroatoms. The molecule has 0 fully saturated rings. The lowest BCUT2D eigenvalue weighted by atomic mass is 10.1. The number of esters is 2. The Morgan fingerprint density at radius 3 is 1.66 bits per heavy atom. The zero-order chi connectivity index (χ0) is 25.4. The maximum atomic E-state index is 13.0. The summed E-state index contributed by atoms with van der Waals surface area (Å²) in [6.45, 7) is 0.00458. The van der Waals surface area contributed by atoms with Crippen LogP contribution in [0.15, 0.2) is 78.9 Å². The molecule has 0 saturated heterocycles. The summed E-state index contributed by atoms with van der Waals surface area (Å²) in [4.78, 5) is 50.4. The van der Waals surface area contributed by atoms with Crippen molar-refractivity contribution in [1.29, 1.82) is 0 Å². The monoisotopic (exact) mass is 515 g/mol. The van der Waals surface area contributed by atoms with Crippen molar-refractivity contribution < 1.29 is 33.8 Å². The van der Waals surface area contributed by atoms with Crippen LogP contribution < -0.4 is 5.32 Å². The molecule has 3 rings (SSSR count). The minimum atomic E-state index is -2.18. The van der Waals surface area contributed by atoms with E-state index >= 15 is 0 Å². The quantitative estimate of drug-likeness (QED) is 0.411. The SMILES string of the molecule is O=C(O[C@@H](C(=O)O)[C@@H](OC(=O)c1ccccc1Cl)C(=O)NCc1ccccc1)c1ccccc1Cl. The van der Waals surface area contributed by atoms with Crippen LogP contribution in [-0.4, -0.2) is 41.1 Å². The Hall–Kier alpha value is -3.88. The van der Waals surface area contributed by atoms with E-state index in [0.717, 1.165) is 0 Å². The predicted molar refractivity (Wildman–Crippen MR) is 127 cm³/mol. The molecule has 1 amide bonds. The molecule has 0 aliphatic heterocycles. The van der Waals surface area contributed by atoms with Gasteiger partial charge in [-0.05, 0) is 29.8 Å². The standard InChI is InChI=1S/C25H19Cl2NO7/c26-18-12-6-4-10-16(18)24(32)34-20(22(29)28-14-15-8-2-1-3-9-15)21(23(30)31)35-25(33)17-11-5-7-13-19(17)27/h1-13,20-21H,14H2,(H,28,29)(H,30,31)/t20-,21-/m1/s1. The van der Waals surface area contributed by atoms with E-state index < -0.39 is 36.0 Å². The maximum Gasteiger partial charge on any atom is 0.349 e. The first kappa shape index (κ1) is 25.7. The summed E-state index contributed by atoms with van der Waals surface area (Å²) in [5, 5.41) is 12.3. The highest BCUT2D eigenvalue weighted by atomic mass is 35.5. The number of nitrogens with one attached hydrogen (secondary N) is 1. The van der Waals surface area contributed by atoms with Crippen molar-refractivity contribution >= 4 is 47.0 Å². The molecule has 0 aromatic heterocycles. The van der Waals surface area contributed by atoms with Gasteiger partial charge in [-0.25, -0.2) is 14.4 Å². The van der Waals surface area contributed by atoms with Crippen molar-refractivity contribution in [3.63, 3.8) is 0 Å². The van der Waals surface area contributed by atoms with Crippen LogP contribution in [0, 0.1) is 0 Å². The Bertz CT molecular complexity index is 1230. The number of benzene rings is 3. The first-order valence-corrected chi connectivity index (χ1v) is 11.0. The number of carboxylic acid groups (broad SMARTS) is 1. The number of hydrogen-bond acceptors (Lipinski definition) is 6. The summed E-state index contributed by atoms with van der Waals surface area (Å²) in [5.41, 5.74) is 0.481. The molecule has 3 aromatic rings. The first-order chi connectivity index (χ1) is 16.8. The molecule has 0 radical (unpaired) electrons. The molecule has 8 nitrogen and oxygen atoms in total. The Kier molecular flexibility index (Phi) is 8.83. The van der Waals surface area contributed by atoms with Crippen molar-refractivity contribution in [2.24, 2.45) is 0 Å². The molecule has 2 atom stereocenters. The van der Waals surface area contributed by atoms with Crippen molar-refractivity contribution in [3.05, 3.63) is 106 Å². The van der Waals surface area contributed by atoms with Gasteiger partial charge in [0.05, 0.1) is 21.2 Å². The van der Waals surface area contributed by atoms with E-state index in [1.165, 1.54) is 36.4 Å². The zero-order valence-corrected chi connectivity index (χ0v) is 19.5. The molecule has 0 bridgehead atoms. The Balaban J connectivity index is 1.88. The molecular formula is C25H19Cl2NO7. The van der Waals surface area contributed by atoms with Gasteiger partial charge in [0, 0.05) is 6.54 Å². The number of amides is 1. The van der Waals surface area contributed by atoms with Crippen LogP contribution in [0.5, 0.6) is 0 Å². The van der Waals surface area contributed by atoms with Gasteiger partial charge in [-0.15, -0.1) is 0 Å². The highest BCUT2D eigenvalue weighted by molar-refractivity contribution is 6.34. The third kappa shape index (κ3) is 6.81. The molecule has 2 N–H and O–H groups in total. The van der Waals surface area contributed by atoms with Crippen molar-refractivity contribution in [2.45, 2.75) is 18.8 Å². The summed E-state index contributed by atoms with van der Waals surface area (Å²) in [5.74, 6) is -4.89. The average Bonchev–Trinajstić information content (AvgIpc) is 2.85. The fraction of sp³-hybridized carbons (Fsp3) is 0.120. The maximum absolute atomic E-state index is 13.0. The minimum Gasteiger partial charge on any atom is -0.478 e. The summed E-state index contributed by atoms with van der Waals surface area (Å²) in [6.07, 6.45) is -4.22. The van der Waals surface area contributed by atoms with E-state index in [1.54, 1.807) is 42.5 Å². The van der Waals surface area contributed by atoms with Crippen molar-refractivity contribution in [2.75, 3.05) is 0 Å². The summed E-state index contributed by atoms with van der Waals surface area (Å²) < 4.78 is 10.3. The molecule has 3 aromatic carbocycles. The van der Waals surface area contributed by atoms with Gasteiger partial charge in [0.2, 0.25) is 12.2 Å². The minimum absolute atomic E-state index is 0.00458. The van der Waals surface area contributed by atoms with Crippen LogP contribution in [0.25, 0.3) is 0 Å². The normalized spacial score (nSPS) is 12.2. The summed E-state index contributed by atoms with van der Waals surface area (Å²) >= 11 is 12.0. The van der Waals surface area contributed by atoms with Gasteiger partial charge in [0.1, 0.15) is 0 Å². The zero-order valence-electron chi connectivity index (χ0n) is 18.0. The second-order valence-electron chi connectivity index (χ2n) is 7.15. The predicted octanol–water partition coefficient (Wildman–Crippen LogP) is 4.15. The van der Waals surface area contributed by atoms with Gasteiger partial charge in [0.15, 0.2) is 0 Å². The second kappa shape index (κ2) is 12.0. The van der Waals surface area contributed by atoms with Crippen LogP contribution in [0.4, 0.5) is 0 Å².